The SMILES string of the molecule is CC(OC(=O)c1cc(Cl)ccc1O)C(=O)Nc1ccc([N+](=O)[O-])cc1Cl. The molecule has 2 aromatic carbocycles. The molecule has 8 nitrogen and oxygen atoms in total. The summed E-state index contributed by atoms with van der Waals surface area (Å²) >= 11 is 11.6. The van der Waals surface area contributed by atoms with Crippen LogP contribution in [-0.2, 0) is 9.53 Å². The van der Waals surface area contributed by atoms with Gasteiger partial charge >= 0.3 is 5.97 Å². The van der Waals surface area contributed by atoms with Crippen molar-refractivity contribution in [3.8, 4) is 5.75 Å². The molecule has 0 heterocycles. The van der Waals surface area contributed by atoms with Crippen LogP contribution < -0.4 is 5.32 Å². The van der Waals surface area contributed by atoms with Gasteiger partial charge < -0.3 is 15.2 Å². The molecule has 2 aromatic rings. The van der Waals surface area contributed by atoms with Crippen LogP contribution in [0.15, 0.2) is 36.4 Å². The monoisotopic (exact) mass is 398 g/mol. The first kappa shape index (κ1) is 19.5. The highest BCUT2D eigenvalue weighted by Gasteiger charge is 2.22. The van der Waals surface area contributed by atoms with E-state index in [-0.39, 0.29) is 32.7 Å². The summed E-state index contributed by atoms with van der Waals surface area (Å²) < 4.78 is 4.99. The van der Waals surface area contributed by atoms with Crippen LogP contribution in [0.3, 0.4) is 0 Å². The number of carbonyl (C=O) groups is 2. The number of ether oxygens (including phenoxy) is 1. The number of anilines is 1. The number of nitro benzene ring substituents is 1. The van der Waals surface area contributed by atoms with Crippen molar-refractivity contribution in [3.05, 3.63) is 62.1 Å². The maximum atomic E-state index is 12.1. The van der Waals surface area contributed by atoms with Crippen molar-refractivity contribution in [3.63, 3.8) is 0 Å². The van der Waals surface area contributed by atoms with E-state index in [2.05, 4.69) is 5.32 Å². The molecule has 0 saturated carbocycles. The predicted octanol–water partition coefficient (Wildman–Crippen LogP) is 3.79. The largest absolute Gasteiger partial charge is 0.507 e. The van der Waals surface area contributed by atoms with Crippen molar-refractivity contribution < 1.29 is 24.4 Å². The van der Waals surface area contributed by atoms with Gasteiger partial charge in [0.2, 0.25) is 0 Å². The van der Waals surface area contributed by atoms with Crippen LogP contribution in [0, 0.1) is 10.1 Å². The van der Waals surface area contributed by atoms with E-state index in [1.54, 1.807) is 0 Å². The smallest absolute Gasteiger partial charge is 0.342 e. The fourth-order valence-corrected chi connectivity index (χ4v) is 2.30. The third-order valence-electron chi connectivity index (χ3n) is 3.25. The maximum absolute atomic E-state index is 12.1. The predicted molar refractivity (Wildman–Crippen MR) is 94.7 cm³/mol. The first-order chi connectivity index (χ1) is 12.2. The Bertz CT molecular complexity index is 887. The van der Waals surface area contributed by atoms with Crippen molar-refractivity contribution in [2.75, 3.05) is 5.32 Å². The van der Waals surface area contributed by atoms with E-state index < -0.39 is 22.9 Å². The molecule has 0 saturated heterocycles. The van der Waals surface area contributed by atoms with Crippen molar-refractivity contribution >= 4 is 46.5 Å². The molecule has 0 bridgehead atoms. The zero-order valence-corrected chi connectivity index (χ0v) is 14.7. The standard InChI is InChI=1S/C16H12Cl2N2O6/c1-8(26-16(23)11-6-9(17)2-5-14(11)21)15(22)19-13-4-3-10(20(24)25)7-12(13)18/h2-8,21H,1H3,(H,19,22). The summed E-state index contributed by atoms with van der Waals surface area (Å²) in [6, 6.07) is 7.33. The molecule has 2 rings (SSSR count). The molecule has 1 amide bonds. The van der Waals surface area contributed by atoms with Crippen LogP contribution in [0.25, 0.3) is 0 Å². The molecule has 0 aromatic heterocycles. The topological polar surface area (TPSA) is 119 Å². The van der Waals surface area contributed by atoms with E-state index in [0.29, 0.717) is 0 Å². The lowest BCUT2D eigenvalue weighted by atomic mass is 10.2. The van der Waals surface area contributed by atoms with Crippen LogP contribution in [-0.4, -0.2) is 28.0 Å². The highest BCUT2D eigenvalue weighted by atomic mass is 35.5. The highest BCUT2D eigenvalue weighted by molar-refractivity contribution is 6.34. The fraction of sp³-hybridized carbons (Fsp3) is 0.125. The zero-order chi connectivity index (χ0) is 19.4. The molecule has 0 aliphatic heterocycles. The van der Waals surface area contributed by atoms with E-state index >= 15 is 0 Å². The average Bonchev–Trinajstić information content (AvgIpc) is 2.58. The number of benzene rings is 2. The molecular weight excluding hydrogens is 387 g/mol. The number of hydrogen-bond acceptors (Lipinski definition) is 6. The number of amides is 1. The van der Waals surface area contributed by atoms with Gasteiger partial charge in [-0.15, -0.1) is 0 Å². The average molecular weight is 399 g/mol. The molecule has 136 valence electrons. The Labute approximate surface area is 157 Å². The van der Waals surface area contributed by atoms with E-state index in [0.717, 1.165) is 6.07 Å². The number of phenols is 1. The van der Waals surface area contributed by atoms with E-state index in [1.807, 2.05) is 0 Å². The highest BCUT2D eigenvalue weighted by Crippen LogP contribution is 2.27. The quantitative estimate of drug-likeness (QED) is 0.449. The van der Waals surface area contributed by atoms with Gasteiger partial charge in [0.15, 0.2) is 6.10 Å². The van der Waals surface area contributed by atoms with Crippen molar-refractivity contribution in [2.45, 2.75) is 13.0 Å². The molecule has 26 heavy (non-hydrogen) atoms. The summed E-state index contributed by atoms with van der Waals surface area (Å²) in [5, 5.41) is 22.9. The number of hydrogen-bond donors (Lipinski definition) is 2. The molecule has 0 fully saturated rings. The summed E-state index contributed by atoms with van der Waals surface area (Å²) in [6.07, 6.45) is -1.23. The summed E-state index contributed by atoms with van der Waals surface area (Å²) in [6.45, 7) is 1.31. The minimum atomic E-state index is -1.23. The van der Waals surface area contributed by atoms with Gasteiger partial charge in [-0.1, -0.05) is 23.2 Å². The zero-order valence-electron chi connectivity index (χ0n) is 13.2. The number of carbonyl (C=O) groups excluding carboxylic acids is 2. The van der Waals surface area contributed by atoms with Crippen molar-refractivity contribution in [1.29, 1.82) is 0 Å². The Hall–Kier alpha value is -2.84. The third kappa shape index (κ3) is 4.62. The van der Waals surface area contributed by atoms with Gasteiger partial charge in [-0.25, -0.2) is 4.79 Å². The summed E-state index contributed by atoms with van der Waals surface area (Å²) in [4.78, 5) is 34.2. The molecule has 0 aliphatic carbocycles. The Morgan fingerprint density at radius 2 is 1.92 bits per heavy atom. The normalized spacial score (nSPS) is 11.5. The lowest BCUT2D eigenvalue weighted by Gasteiger charge is -2.14. The molecule has 0 aliphatic rings. The number of non-ortho nitro benzene ring substituents is 1. The summed E-state index contributed by atoms with van der Waals surface area (Å²) in [7, 11) is 0. The number of aromatic hydroxyl groups is 1. The molecule has 1 atom stereocenters. The maximum Gasteiger partial charge on any atom is 0.342 e. The number of phenolic OH excluding ortho intramolecular Hbond substituents is 1. The number of esters is 1. The van der Waals surface area contributed by atoms with Gasteiger partial charge in [0.25, 0.3) is 11.6 Å². The Balaban J connectivity index is 2.07. The molecule has 10 heteroatoms. The number of nitrogens with zero attached hydrogens (tertiary/aromatic N) is 1. The van der Waals surface area contributed by atoms with Crippen LogP contribution in [0.5, 0.6) is 5.75 Å². The molecule has 2 N–H and O–H groups in total. The van der Waals surface area contributed by atoms with Crippen molar-refractivity contribution in [2.24, 2.45) is 0 Å². The van der Waals surface area contributed by atoms with E-state index in [1.165, 1.54) is 37.3 Å². The van der Waals surface area contributed by atoms with Crippen molar-refractivity contribution in [1.82, 2.24) is 0 Å². The number of rotatable bonds is 5. The number of halogens is 2. The Morgan fingerprint density at radius 1 is 1.23 bits per heavy atom. The molecule has 0 radical (unpaired) electrons. The lowest BCUT2D eigenvalue weighted by Crippen LogP contribution is -2.30. The number of nitrogens with one attached hydrogen (secondary N) is 1. The minimum absolute atomic E-state index is 0.0430. The minimum Gasteiger partial charge on any atom is -0.507 e. The van der Waals surface area contributed by atoms with Gasteiger partial charge in [-0.3, -0.25) is 14.9 Å². The second kappa shape index (κ2) is 8.03. The van der Waals surface area contributed by atoms with Crippen LogP contribution >= 0.6 is 23.2 Å². The third-order valence-corrected chi connectivity index (χ3v) is 3.80. The fourth-order valence-electron chi connectivity index (χ4n) is 1.90. The second-order valence-corrected chi connectivity index (χ2v) is 5.96. The molecule has 1 unspecified atom stereocenters. The second-order valence-electron chi connectivity index (χ2n) is 5.12. The Kier molecular flexibility index (Phi) is 6.01. The van der Waals surface area contributed by atoms with Gasteiger partial charge in [0.05, 0.1) is 15.6 Å². The Morgan fingerprint density at radius 3 is 2.54 bits per heavy atom. The molecular formula is C16H12Cl2N2O6. The van der Waals surface area contributed by atoms with Gasteiger partial charge in [-0.05, 0) is 31.2 Å². The number of nitro groups is 1. The van der Waals surface area contributed by atoms with E-state index in [4.69, 9.17) is 27.9 Å². The van der Waals surface area contributed by atoms with Crippen LogP contribution in [0.2, 0.25) is 10.0 Å². The van der Waals surface area contributed by atoms with Gasteiger partial charge in [-0.2, -0.15) is 0 Å². The van der Waals surface area contributed by atoms with Crippen LogP contribution in [0.4, 0.5) is 11.4 Å². The van der Waals surface area contributed by atoms with Gasteiger partial charge in [0, 0.05) is 17.2 Å². The first-order valence-electron chi connectivity index (χ1n) is 7.13. The summed E-state index contributed by atoms with van der Waals surface area (Å²) in [5.74, 6) is -2.00. The van der Waals surface area contributed by atoms with Gasteiger partial charge in [0.1, 0.15) is 11.3 Å². The van der Waals surface area contributed by atoms with Crippen LogP contribution in [0.1, 0.15) is 17.3 Å². The molecule has 0 spiro atoms. The first-order valence-corrected chi connectivity index (χ1v) is 7.89. The van der Waals surface area contributed by atoms with E-state index in [9.17, 15) is 24.8 Å². The lowest BCUT2D eigenvalue weighted by molar-refractivity contribution is -0.384. The summed E-state index contributed by atoms with van der Waals surface area (Å²) in [5.41, 5.74) is -0.301.